The van der Waals surface area contributed by atoms with Crippen LogP contribution in [0.4, 0.5) is 18.9 Å². The van der Waals surface area contributed by atoms with E-state index in [0.717, 1.165) is 6.21 Å². The summed E-state index contributed by atoms with van der Waals surface area (Å²) in [5.74, 6) is -1.11. The van der Waals surface area contributed by atoms with Crippen molar-refractivity contribution in [3.63, 3.8) is 0 Å². The number of nitro benzene ring substituents is 1. The molecule has 0 atom stereocenters. The SMILES string of the molecule is O=C(N/N=C/c1ccc([N+](=O)[O-])cc1)c1snnc1C(F)(F)F. The van der Waals surface area contributed by atoms with E-state index in [1.807, 2.05) is 5.43 Å². The number of alkyl halides is 3. The maximum atomic E-state index is 12.6. The van der Waals surface area contributed by atoms with Crippen molar-refractivity contribution < 1.29 is 22.9 Å². The molecular weight excluding hydrogens is 339 g/mol. The van der Waals surface area contributed by atoms with Gasteiger partial charge in [0.05, 0.1) is 11.1 Å². The van der Waals surface area contributed by atoms with Crippen LogP contribution in [0.3, 0.4) is 0 Å². The fourth-order valence-electron chi connectivity index (χ4n) is 1.42. The maximum Gasteiger partial charge on any atom is 0.436 e. The highest BCUT2D eigenvalue weighted by Gasteiger charge is 2.39. The summed E-state index contributed by atoms with van der Waals surface area (Å²) in [6.07, 6.45) is -3.66. The normalized spacial score (nSPS) is 11.6. The quantitative estimate of drug-likeness (QED) is 0.519. The Bertz CT molecular complexity index is 757. The highest BCUT2D eigenvalue weighted by Crippen LogP contribution is 2.31. The molecule has 2 aromatic rings. The van der Waals surface area contributed by atoms with Crippen molar-refractivity contribution in [1.82, 2.24) is 15.0 Å². The maximum absolute atomic E-state index is 12.6. The second kappa shape index (κ2) is 6.48. The molecule has 2 rings (SSSR count). The Morgan fingerprint density at radius 1 is 1.35 bits per heavy atom. The van der Waals surface area contributed by atoms with Gasteiger partial charge in [-0.2, -0.15) is 18.3 Å². The van der Waals surface area contributed by atoms with Crippen LogP contribution in [-0.4, -0.2) is 26.6 Å². The fourth-order valence-corrected chi connectivity index (χ4v) is 2.00. The largest absolute Gasteiger partial charge is 0.436 e. The summed E-state index contributed by atoms with van der Waals surface area (Å²) < 4.78 is 40.8. The van der Waals surface area contributed by atoms with E-state index in [9.17, 15) is 28.1 Å². The van der Waals surface area contributed by atoms with Gasteiger partial charge in [0.2, 0.25) is 0 Å². The van der Waals surface area contributed by atoms with Crippen LogP contribution in [0.15, 0.2) is 29.4 Å². The Balaban J connectivity index is 2.04. The molecule has 1 aromatic carbocycles. The molecule has 0 fully saturated rings. The predicted octanol–water partition coefficient (Wildman–Crippen LogP) is 2.23. The molecule has 8 nitrogen and oxygen atoms in total. The Morgan fingerprint density at radius 2 is 2.00 bits per heavy atom. The van der Waals surface area contributed by atoms with E-state index in [-0.39, 0.29) is 5.69 Å². The number of aromatic nitrogens is 2. The zero-order valence-corrected chi connectivity index (χ0v) is 11.8. The lowest BCUT2D eigenvalue weighted by Crippen LogP contribution is -2.21. The Morgan fingerprint density at radius 3 is 2.57 bits per heavy atom. The smallest absolute Gasteiger partial charge is 0.266 e. The van der Waals surface area contributed by atoms with Crippen LogP contribution in [0.25, 0.3) is 0 Å². The average molecular weight is 345 g/mol. The minimum absolute atomic E-state index is 0.128. The zero-order chi connectivity index (χ0) is 17.0. The first-order valence-corrected chi connectivity index (χ1v) is 6.54. The summed E-state index contributed by atoms with van der Waals surface area (Å²) in [6, 6.07) is 5.17. The average Bonchev–Trinajstić information content (AvgIpc) is 2.97. The van der Waals surface area contributed by atoms with Gasteiger partial charge in [-0.15, -0.1) is 5.10 Å². The molecule has 0 radical (unpaired) electrons. The van der Waals surface area contributed by atoms with Gasteiger partial charge in [0.25, 0.3) is 11.6 Å². The van der Waals surface area contributed by atoms with Gasteiger partial charge in [0, 0.05) is 12.1 Å². The first-order valence-electron chi connectivity index (χ1n) is 5.76. The lowest BCUT2D eigenvalue weighted by atomic mass is 10.2. The molecule has 0 unspecified atom stereocenters. The van der Waals surface area contributed by atoms with Crippen molar-refractivity contribution in [1.29, 1.82) is 0 Å². The van der Waals surface area contributed by atoms with E-state index < -0.39 is 27.6 Å². The third-order valence-corrected chi connectivity index (χ3v) is 3.17. The molecule has 0 aliphatic carbocycles. The van der Waals surface area contributed by atoms with Crippen molar-refractivity contribution in [2.75, 3.05) is 0 Å². The molecule has 0 saturated carbocycles. The lowest BCUT2D eigenvalue weighted by molar-refractivity contribution is -0.384. The van der Waals surface area contributed by atoms with Gasteiger partial charge in [0.1, 0.15) is 4.88 Å². The van der Waals surface area contributed by atoms with Gasteiger partial charge >= 0.3 is 6.18 Å². The number of rotatable bonds is 4. The zero-order valence-electron chi connectivity index (χ0n) is 10.9. The van der Waals surface area contributed by atoms with E-state index in [4.69, 9.17) is 0 Å². The van der Waals surface area contributed by atoms with Crippen molar-refractivity contribution in [2.24, 2.45) is 5.10 Å². The summed E-state index contributed by atoms with van der Waals surface area (Å²) in [5, 5.41) is 16.8. The molecule has 1 amide bonds. The summed E-state index contributed by atoms with van der Waals surface area (Å²) in [7, 11) is 0. The van der Waals surface area contributed by atoms with E-state index in [2.05, 4.69) is 14.7 Å². The number of non-ortho nitro benzene ring substituents is 1. The molecule has 0 bridgehead atoms. The van der Waals surface area contributed by atoms with Crippen LogP contribution in [0.1, 0.15) is 20.9 Å². The summed E-state index contributed by atoms with van der Waals surface area (Å²) >= 11 is 0.294. The highest BCUT2D eigenvalue weighted by atomic mass is 32.1. The summed E-state index contributed by atoms with van der Waals surface area (Å²) in [4.78, 5) is 20.8. The molecular formula is C11H6F3N5O3S. The number of nitro groups is 1. The number of amides is 1. The van der Waals surface area contributed by atoms with Gasteiger partial charge in [-0.3, -0.25) is 14.9 Å². The predicted molar refractivity (Wildman–Crippen MR) is 73.1 cm³/mol. The van der Waals surface area contributed by atoms with E-state index in [1.165, 1.54) is 24.3 Å². The van der Waals surface area contributed by atoms with Crippen LogP contribution < -0.4 is 5.43 Å². The van der Waals surface area contributed by atoms with E-state index >= 15 is 0 Å². The number of nitrogens with zero attached hydrogens (tertiary/aromatic N) is 4. The number of benzene rings is 1. The number of hydrogen-bond acceptors (Lipinski definition) is 7. The Hall–Kier alpha value is -2.89. The van der Waals surface area contributed by atoms with Crippen molar-refractivity contribution in [3.8, 4) is 0 Å². The van der Waals surface area contributed by atoms with Crippen LogP contribution in [0, 0.1) is 10.1 Å². The number of halogens is 3. The summed E-state index contributed by atoms with van der Waals surface area (Å²) in [5.41, 5.74) is 0.810. The van der Waals surface area contributed by atoms with Gasteiger partial charge in [-0.25, -0.2) is 5.43 Å². The fraction of sp³-hybridized carbons (Fsp3) is 0.0909. The number of nitrogens with one attached hydrogen (secondary N) is 1. The molecule has 0 saturated heterocycles. The van der Waals surface area contributed by atoms with Crippen molar-refractivity contribution in [2.45, 2.75) is 6.18 Å². The minimum Gasteiger partial charge on any atom is -0.266 e. The topological polar surface area (TPSA) is 110 Å². The minimum atomic E-state index is -4.79. The van der Waals surface area contributed by atoms with E-state index in [1.54, 1.807) is 0 Å². The second-order valence-electron chi connectivity index (χ2n) is 4.00. The Labute approximate surface area is 129 Å². The summed E-state index contributed by atoms with van der Waals surface area (Å²) in [6.45, 7) is 0. The highest BCUT2D eigenvalue weighted by molar-refractivity contribution is 7.08. The molecule has 0 spiro atoms. The van der Waals surface area contributed by atoms with Crippen LogP contribution in [0.2, 0.25) is 0 Å². The first-order chi connectivity index (χ1) is 10.8. The molecule has 1 N–H and O–H groups in total. The van der Waals surface area contributed by atoms with Crippen molar-refractivity contribution in [3.05, 3.63) is 50.5 Å². The van der Waals surface area contributed by atoms with Crippen LogP contribution in [0.5, 0.6) is 0 Å². The lowest BCUT2D eigenvalue weighted by Gasteiger charge is -2.03. The van der Waals surface area contributed by atoms with E-state index in [0.29, 0.717) is 17.1 Å². The van der Waals surface area contributed by atoms with Gasteiger partial charge in [-0.05, 0) is 29.2 Å². The number of hydrogen-bond donors (Lipinski definition) is 1. The standard InChI is InChI=1S/C11H6F3N5O3S/c12-11(13,14)9-8(23-18-16-9)10(20)17-15-5-6-1-3-7(4-2-6)19(21)22/h1-5H,(H,17,20)/b15-5+. The third kappa shape index (κ3) is 4.06. The van der Waals surface area contributed by atoms with Gasteiger partial charge in [-0.1, -0.05) is 4.49 Å². The van der Waals surface area contributed by atoms with Gasteiger partial charge in [0.15, 0.2) is 5.69 Å². The molecule has 0 aliphatic heterocycles. The number of carbonyl (C=O) groups is 1. The third-order valence-electron chi connectivity index (χ3n) is 2.45. The van der Waals surface area contributed by atoms with Crippen LogP contribution >= 0.6 is 11.5 Å². The molecule has 1 heterocycles. The molecule has 0 aliphatic rings. The number of hydrazone groups is 1. The molecule has 1 aromatic heterocycles. The van der Waals surface area contributed by atoms with Crippen LogP contribution in [-0.2, 0) is 6.18 Å². The van der Waals surface area contributed by atoms with Gasteiger partial charge < -0.3 is 0 Å². The molecule has 12 heteroatoms. The molecule has 120 valence electrons. The number of carbonyl (C=O) groups excluding carboxylic acids is 1. The molecule has 23 heavy (non-hydrogen) atoms. The first kappa shape index (κ1) is 16.5. The Kier molecular flexibility index (Phi) is 4.64. The monoisotopic (exact) mass is 345 g/mol. The van der Waals surface area contributed by atoms with Crippen molar-refractivity contribution >= 4 is 29.3 Å². The second-order valence-corrected chi connectivity index (χ2v) is 4.75.